The molecule has 0 saturated carbocycles. The van der Waals surface area contributed by atoms with Gasteiger partial charge in [-0.05, 0) is 0 Å². The van der Waals surface area contributed by atoms with Gasteiger partial charge < -0.3 is 0 Å². The first-order valence-electron chi connectivity index (χ1n) is 7.05. The molecule has 0 fully saturated rings. The van der Waals surface area contributed by atoms with Crippen molar-refractivity contribution >= 4 is 52.0 Å². The van der Waals surface area contributed by atoms with Gasteiger partial charge >= 0.3 is 155 Å². The maximum atomic E-state index is 12.6. The molecule has 1 amide bonds. The van der Waals surface area contributed by atoms with Gasteiger partial charge in [0.15, 0.2) is 0 Å². The van der Waals surface area contributed by atoms with Gasteiger partial charge in [0, 0.05) is 0 Å². The molecular weight excluding hydrogens is 457 g/mol. The number of hydrogen-bond donors (Lipinski definition) is 3. The van der Waals surface area contributed by atoms with Crippen molar-refractivity contribution in [3.05, 3.63) is 53.6 Å². The average molecular weight is 472 g/mol. The Morgan fingerprint density at radius 3 is 2.40 bits per heavy atom. The standard InChI is InChI=1S/C16H15AsBrNO6/c1-10(20)19-15-8-13(21)6-7-14(15)17(23,24)25-16(22)12-4-2-11(9-18)3-5-12/h2-8,21H,9H2,1H3,(H,19,20)(H,23,24). The summed E-state index contributed by atoms with van der Waals surface area (Å²) < 4.78 is 27.4. The van der Waals surface area contributed by atoms with E-state index in [0.717, 1.165) is 17.7 Å². The van der Waals surface area contributed by atoms with Crippen molar-refractivity contribution in [2.75, 3.05) is 5.32 Å². The third kappa shape index (κ3) is 4.98. The summed E-state index contributed by atoms with van der Waals surface area (Å²) in [5.74, 6) is -1.66. The van der Waals surface area contributed by atoms with Crippen molar-refractivity contribution in [3.8, 4) is 5.75 Å². The molecule has 0 aromatic heterocycles. The van der Waals surface area contributed by atoms with Crippen LogP contribution in [0.2, 0.25) is 0 Å². The molecule has 1 unspecified atom stereocenters. The number of nitrogens with one attached hydrogen (secondary N) is 1. The molecule has 1 atom stereocenters. The SMILES string of the molecule is CC(=O)Nc1cc(O)ccc1[As](=O)(O)OC(=O)c1ccc(CBr)cc1. The van der Waals surface area contributed by atoms with E-state index in [1.807, 2.05) is 0 Å². The summed E-state index contributed by atoms with van der Waals surface area (Å²) in [7, 11) is 0. The van der Waals surface area contributed by atoms with Gasteiger partial charge in [-0.3, -0.25) is 0 Å². The fraction of sp³-hybridized carbons (Fsp3) is 0.125. The molecule has 0 saturated heterocycles. The molecule has 3 N–H and O–H groups in total. The Morgan fingerprint density at radius 1 is 1.20 bits per heavy atom. The minimum atomic E-state index is -5.31. The van der Waals surface area contributed by atoms with E-state index in [1.165, 1.54) is 25.1 Å². The third-order valence-corrected chi connectivity index (χ3v) is 6.76. The molecule has 2 rings (SSSR count). The molecule has 0 bridgehead atoms. The van der Waals surface area contributed by atoms with Crippen LogP contribution in [-0.4, -0.2) is 35.3 Å². The van der Waals surface area contributed by atoms with Gasteiger partial charge in [0.2, 0.25) is 0 Å². The number of phenols is 1. The Bertz CT molecular complexity index is 852. The zero-order chi connectivity index (χ0) is 18.6. The van der Waals surface area contributed by atoms with E-state index >= 15 is 0 Å². The Labute approximate surface area is 155 Å². The number of aromatic hydroxyl groups is 1. The van der Waals surface area contributed by atoms with Crippen LogP contribution in [-0.2, 0) is 17.6 Å². The molecular formula is C16H15AsBrNO6. The number of halogens is 1. The summed E-state index contributed by atoms with van der Waals surface area (Å²) in [6, 6.07) is 9.76. The van der Waals surface area contributed by atoms with Crippen molar-refractivity contribution < 1.29 is 26.3 Å². The average Bonchev–Trinajstić information content (AvgIpc) is 2.53. The van der Waals surface area contributed by atoms with Gasteiger partial charge in [-0.25, -0.2) is 0 Å². The van der Waals surface area contributed by atoms with E-state index in [-0.39, 0.29) is 21.4 Å². The van der Waals surface area contributed by atoms with Crippen LogP contribution in [0.5, 0.6) is 5.75 Å². The van der Waals surface area contributed by atoms with E-state index in [1.54, 1.807) is 12.1 Å². The maximum absolute atomic E-state index is 12.6. The molecule has 0 aliphatic carbocycles. The molecule has 2 aromatic rings. The molecule has 0 spiro atoms. The number of benzene rings is 2. The van der Waals surface area contributed by atoms with Gasteiger partial charge in [-0.2, -0.15) is 0 Å². The van der Waals surface area contributed by atoms with Gasteiger partial charge in [0.25, 0.3) is 0 Å². The zero-order valence-electron chi connectivity index (χ0n) is 13.1. The number of phenolic OH excluding ortho intramolecular Hbond substituents is 1. The summed E-state index contributed by atoms with van der Waals surface area (Å²) in [4.78, 5) is 23.4. The fourth-order valence-corrected chi connectivity index (χ4v) is 4.72. The van der Waals surface area contributed by atoms with Crippen LogP contribution in [0.15, 0.2) is 42.5 Å². The molecule has 132 valence electrons. The van der Waals surface area contributed by atoms with Crippen LogP contribution in [0.25, 0.3) is 0 Å². The first kappa shape index (κ1) is 19.3. The molecule has 0 aliphatic heterocycles. The quantitative estimate of drug-likeness (QED) is 0.451. The normalized spacial score (nSPS) is 12.9. The number of rotatable bonds is 5. The number of amides is 1. The van der Waals surface area contributed by atoms with Crippen LogP contribution in [0.4, 0.5) is 5.69 Å². The van der Waals surface area contributed by atoms with Gasteiger partial charge in [0.1, 0.15) is 0 Å². The van der Waals surface area contributed by atoms with Crippen LogP contribution in [0.3, 0.4) is 0 Å². The monoisotopic (exact) mass is 471 g/mol. The molecule has 9 heteroatoms. The second kappa shape index (κ2) is 7.91. The summed E-state index contributed by atoms with van der Waals surface area (Å²) in [6.45, 7) is 1.21. The Balaban J connectivity index is 2.30. The molecule has 0 radical (unpaired) electrons. The first-order chi connectivity index (χ1) is 11.7. The summed E-state index contributed by atoms with van der Waals surface area (Å²) >= 11 is -2.03. The number of alkyl halides is 1. The Hall–Kier alpha value is -2.02. The Kier molecular flexibility index (Phi) is 6.10. The van der Waals surface area contributed by atoms with Crippen molar-refractivity contribution in [3.63, 3.8) is 0 Å². The van der Waals surface area contributed by atoms with E-state index < -0.39 is 26.0 Å². The van der Waals surface area contributed by atoms with E-state index in [9.17, 15) is 22.5 Å². The van der Waals surface area contributed by atoms with E-state index in [4.69, 9.17) is 3.73 Å². The van der Waals surface area contributed by atoms with Crippen LogP contribution in [0, 0.1) is 0 Å². The second-order valence-corrected chi connectivity index (χ2v) is 9.25. The Morgan fingerprint density at radius 2 is 1.84 bits per heavy atom. The summed E-state index contributed by atoms with van der Waals surface area (Å²) in [5, 5.41) is 12.4. The van der Waals surface area contributed by atoms with Gasteiger partial charge in [-0.1, -0.05) is 0 Å². The van der Waals surface area contributed by atoms with Gasteiger partial charge in [-0.15, -0.1) is 0 Å². The molecule has 2 aromatic carbocycles. The van der Waals surface area contributed by atoms with Crippen LogP contribution in [0.1, 0.15) is 22.8 Å². The second-order valence-electron chi connectivity index (χ2n) is 5.11. The van der Waals surface area contributed by atoms with Gasteiger partial charge in [0.05, 0.1) is 0 Å². The molecule has 0 heterocycles. The number of hydrogen-bond acceptors (Lipinski definition) is 5. The summed E-state index contributed by atoms with van der Waals surface area (Å²) in [5.41, 5.74) is 0.973. The number of carbonyl (C=O) groups excluding carboxylic acids is 2. The third-order valence-electron chi connectivity index (χ3n) is 3.15. The van der Waals surface area contributed by atoms with Crippen LogP contribution >= 0.6 is 15.9 Å². The van der Waals surface area contributed by atoms with Crippen molar-refractivity contribution in [1.82, 2.24) is 0 Å². The number of anilines is 1. The topological polar surface area (TPSA) is 113 Å². The van der Waals surface area contributed by atoms with Crippen LogP contribution < -0.4 is 9.67 Å². The zero-order valence-corrected chi connectivity index (χ0v) is 16.6. The van der Waals surface area contributed by atoms with E-state index in [0.29, 0.717) is 5.33 Å². The minimum absolute atomic E-state index is 0.0834. The fourth-order valence-electron chi connectivity index (χ4n) is 2.00. The van der Waals surface area contributed by atoms with Crippen molar-refractivity contribution in [1.29, 1.82) is 0 Å². The number of carbonyl (C=O) groups is 2. The van der Waals surface area contributed by atoms with Crippen molar-refractivity contribution in [2.24, 2.45) is 0 Å². The molecule has 7 nitrogen and oxygen atoms in total. The summed E-state index contributed by atoms with van der Waals surface area (Å²) in [6.07, 6.45) is 0. The first-order valence-corrected chi connectivity index (χ1v) is 11.5. The van der Waals surface area contributed by atoms with E-state index in [2.05, 4.69) is 21.2 Å². The van der Waals surface area contributed by atoms with Crippen molar-refractivity contribution in [2.45, 2.75) is 12.3 Å². The molecule has 25 heavy (non-hydrogen) atoms. The predicted molar refractivity (Wildman–Crippen MR) is 95.2 cm³/mol. The molecule has 0 aliphatic rings. The predicted octanol–water partition coefficient (Wildman–Crippen LogP) is 1.67.